The van der Waals surface area contributed by atoms with Crippen LogP contribution >= 0.6 is 46.6 Å². The molecule has 0 bridgehead atoms. The van der Waals surface area contributed by atoms with E-state index in [0.717, 1.165) is 16.2 Å². The first-order valence-corrected chi connectivity index (χ1v) is 11.4. The smallest absolute Gasteiger partial charge is 0.293 e. The van der Waals surface area contributed by atoms with Crippen molar-refractivity contribution in [3.63, 3.8) is 0 Å². The molecule has 160 valence electrons. The molecule has 3 rings (SSSR count). The van der Waals surface area contributed by atoms with Gasteiger partial charge < -0.3 is 0 Å². The van der Waals surface area contributed by atoms with Crippen molar-refractivity contribution in [2.45, 2.75) is 17.1 Å². The molecule has 3 aromatic rings. The normalized spacial score (nSPS) is 10.7. The summed E-state index contributed by atoms with van der Waals surface area (Å²) in [7, 11) is 0. The molecule has 1 heterocycles. The van der Waals surface area contributed by atoms with Crippen LogP contribution < -0.4 is 0 Å². The third-order valence-corrected chi connectivity index (χ3v) is 6.44. The van der Waals surface area contributed by atoms with Crippen molar-refractivity contribution in [1.82, 2.24) is 4.98 Å². The van der Waals surface area contributed by atoms with Crippen LogP contribution in [0.1, 0.15) is 17.0 Å². The second-order valence-corrected chi connectivity index (χ2v) is 8.64. The Labute approximate surface area is 200 Å². The molecule has 0 aliphatic carbocycles. The van der Waals surface area contributed by atoms with E-state index in [9.17, 15) is 4.79 Å². The third-order valence-electron chi connectivity index (χ3n) is 4.17. The largest absolute Gasteiger partial charge is 0.374 e. The molecule has 8 heteroatoms. The van der Waals surface area contributed by atoms with Crippen molar-refractivity contribution in [2.24, 2.45) is 0 Å². The summed E-state index contributed by atoms with van der Waals surface area (Å²) in [5.41, 5.74) is 2.28. The second-order valence-electron chi connectivity index (χ2n) is 6.40. The van der Waals surface area contributed by atoms with Gasteiger partial charge in [-0.25, -0.2) is 4.79 Å². The molecular weight excluding hydrogens is 477 g/mol. The van der Waals surface area contributed by atoms with E-state index < -0.39 is 5.97 Å². The summed E-state index contributed by atoms with van der Waals surface area (Å²) in [4.78, 5) is 27.4. The van der Waals surface area contributed by atoms with Gasteiger partial charge >= 0.3 is 5.97 Å². The van der Waals surface area contributed by atoms with Crippen LogP contribution in [0.2, 0.25) is 15.1 Å². The first-order valence-electron chi connectivity index (χ1n) is 9.24. The fraction of sp³-hybridized carbons (Fsp3) is 0.130. The van der Waals surface area contributed by atoms with E-state index in [1.165, 1.54) is 11.8 Å². The summed E-state index contributed by atoms with van der Waals surface area (Å²) >= 11 is 19.7. The lowest BCUT2D eigenvalue weighted by Gasteiger charge is -2.09. The zero-order valence-electron chi connectivity index (χ0n) is 16.3. The average Bonchev–Trinajstić information content (AvgIpc) is 2.77. The Bertz CT molecular complexity index is 1050. The maximum absolute atomic E-state index is 12.2. The minimum Gasteiger partial charge on any atom is -0.293 e. The fourth-order valence-electron chi connectivity index (χ4n) is 2.56. The number of thioether (sulfide) groups is 1. The van der Waals surface area contributed by atoms with Gasteiger partial charge in [-0.3, -0.25) is 9.87 Å². The average molecular weight is 495 g/mol. The van der Waals surface area contributed by atoms with Gasteiger partial charge in [0.2, 0.25) is 0 Å². The van der Waals surface area contributed by atoms with Gasteiger partial charge in [0.25, 0.3) is 0 Å². The van der Waals surface area contributed by atoms with Crippen LogP contribution in [0.4, 0.5) is 0 Å². The van der Waals surface area contributed by atoms with Gasteiger partial charge in [0, 0.05) is 15.7 Å². The molecule has 0 saturated heterocycles. The number of rotatable bonds is 9. The number of benzene rings is 2. The Balaban J connectivity index is 1.51. The van der Waals surface area contributed by atoms with Crippen LogP contribution in [0.3, 0.4) is 0 Å². The minimum absolute atomic E-state index is 0.106. The fourth-order valence-corrected chi connectivity index (χ4v) is 4.27. The van der Waals surface area contributed by atoms with E-state index in [1.54, 1.807) is 42.5 Å². The first-order chi connectivity index (χ1) is 14.9. The summed E-state index contributed by atoms with van der Waals surface area (Å²) < 4.78 is 0. The minimum atomic E-state index is -0.692. The van der Waals surface area contributed by atoms with E-state index in [0.29, 0.717) is 32.9 Å². The Morgan fingerprint density at radius 1 is 0.968 bits per heavy atom. The summed E-state index contributed by atoms with van der Waals surface area (Å²) in [6.07, 6.45) is 0.576. The van der Waals surface area contributed by atoms with Gasteiger partial charge in [0.1, 0.15) is 0 Å². The molecule has 0 atom stereocenters. The van der Waals surface area contributed by atoms with E-state index in [1.807, 2.05) is 18.2 Å². The molecule has 31 heavy (non-hydrogen) atoms. The van der Waals surface area contributed by atoms with E-state index in [2.05, 4.69) is 11.6 Å². The number of halogens is 3. The van der Waals surface area contributed by atoms with Crippen molar-refractivity contribution in [3.8, 4) is 0 Å². The second kappa shape index (κ2) is 11.6. The van der Waals surface area contributed by atoms with Gasteiger partial charge in [0.15, 0.2) is 0 Å². The Hall–Kier alpha value is -2.02. The first kappa shape index (κ1) is 23.6. The molecule has 0 N–H and O–H groups in total. The van der Waals surface area contributed by atoms with E-state index in [-0.39, 0.29) is 12.2 Å². The zero-order valence-corrected chi connectivity index (χ0v) is 19.4. The Morgan fingerprint density at radius 3 is 2.35 bits per heavy atom. The van der Waals surface area contributed by atoms with E-state index in [4.69, 9.17) is 44.6 Å². The van der Waals surface area contributed by atoms with Gasteiger partial charge in [-0.15, -0.1) is 11.8 Å². The van der Waals surface area contributed by atoms with E-state index >= 15 is 0 Å². The molecule has 0 amide bonds. The maximum atomic E-state index is 12.2. The van der Waals surface area contributed by atoms with Crippen LogP contribution in [-0.4, -0.2) is 17.6 Å². The number of aromatic nitrogens is 1. The maximum Gasteiger partial charge on any atom is 0.374 e. The number of nitrogens with zero attached hydrogens (tertiary/aromatic N) is 1. The predicted octanol–water partition coefficient (Wildman–Crippen LogP) is 7.06. The summed E-state index contributed by atoms with van der Waals surface area (Å²) in [6.45, 7) is 3.99. The van der Waals surface area contributed by atoms with Crippen molar-refractivity contribution in [3.05, 3.63) is 99.3 Å². The highest BCUT2D eigenvalue weighted by Gasteiger charge is 2.15. The summed E-state index contributed by atoms with van der Waals surface area (Å²) in [5.74, 6) is -0.167. The molecule has 0 radical (unpaired) electrons. The predicted molar refractivity (Wildman–Crippen MR) is 126 cm³/mol. The van der Waals surface area contributed by atoms with Crippen LogP contribution in [0.15, 0.2) is 72.1 Å². The molecule has 0 fully saturated rings. The number of hydrogen-bond donors (Lipinski definition) is 0. The van der Waals surface area contributed by atoms with Crippen molar-refractivity contribution in [1.29, 1.82) is 0 Å². The number of carbonyl (C=O) groups excluding carboxylic acids is 1. The molecule has 1 aromatic heterocycles. The quantitative estimate of drug-likeness (QED) is 0.105. The lowest BCUT2D eigenvalue weighted by atomic mass is 10.2. The SMILES string of the molecule is C=C(C(=O)OOCCc1ccc(Cl)cc1)c1cccc(CSc2c(Cl)cccc2Cl)n1. The summed E-state index contributed by atoms with van der Waals surface area (Å²) in [6, 6.07) is 18.0. The molecule has 0 aliphatic heterocycles. The van der Waals surface area contributed by atoms with Crippen LogP contribution in [0.5, 0.6) is 0 Å². The van der Waals surface area contributed by atoms with Crippen LogP contribution in [-0.2, 0) is 26.7 Å². The lowest BCUT2D eigenvalue weighted by molar-refractivity contribution is -0.265. The van der Waals surface area contributed by atoms with Gasteiger partial charge in [-0.2, -0.15) is 4.89 Å². The number of pyridine rings is 1. The molecule has 0 spiro atoms. The van der Waals surface area contributed by atoms with Crippen molar-refractivity contribution < 1.29 is 14.6 Å². The standard InChI is InChI=1S/C23H18Cl3NO3S/c1-15(23(28)30-29-13-12-16-8-10-17(24)11-9-16)21-7-2-4-18(27-21)14-31-22-19(25)5-3-6-20(22)26/h2-11H,1,12-14H2. The van der Waals surface area contributed by atoms with Crippen LogP contribution in [0.25, 0.3) is 5.57 Å². The molecule has 0 aliphatic rings. The number of hydrogen-bond acceptors (Lipinski definition) is 5. The topological polar surface area (TPSA) is 48.4 Å². The highest BCUT2D eigenvalue weighted by Crippen LogP contribution is 2.35. The highest BCUT2D eigenvalue weighted by atomic mass is 35.5. The van der Waals surface area contributed by atoms with Gasteiger partial charge in [0.05, 0.1) is 33.6 Å². The lowest BCUT2D eigenvalue weighted by Crippen LogP contribution is -2.10. The molecular formula is C23H18Cl3NO3S. The third kappa shape index (κ3) is 6.99. The van der Waals surface area contributed by atoms with Crippen LogP contribution in [0, 0.1) is 0 Å². The molecule has 0 saturated carbocycles. The van der Waals surface area contributed by atoms with Gasteiger partial charge in [-0.1, -0.05) is 65.6 Å². The Kier molecular flexibility index (Phi) is 8.81. The Morgan fingerprint density at radius 2 is 1.65 bits per heavy atom. The van der Waals surface area contributed by atoms with Crippen molar-refractivity contribution >= 4 is 58.1 Å². The monoisotopic (exact) mass is 493 g/mol. The van der Waals surface area contributed by atoms with Crippen molar-refractivity contribution in [2.75, 3.05) is 6.61 Å². The molecule has 2 aromatic carbocycles. The highest BCUT2D eigenvalue weighted by molar-refractivity contribution is 7.98. The number of carbonyl (C=O) groups is 1. The molecule has 4 nitrogen and oxygen atoms in total. The van der Waals surface area contributed by atoms with Gasteiger partial charge in [-0.05, 0) is 48.4 Å². The molecule has 0 unspecified atom stereocenters. The zero-order chi connectivity index (χ0) is 22.2. The summed E-state index contributed by atoms with van der Waals surface area (Å²) in [5, 5.41) is 1.82.